The Bertz CT molecular complexity index is 476. The highest BCUT2D eigenvalue weighted by atomic mass is 19.4. The minimum atomic E-state index is -4.36. The van der Waals surface area contributed by atoms with E-state index in [9.17, 15) is 18.0 Å². The molecule has 20 heavy (non-hydrogen) atoms. The van der Waals surface area contributed by atoms with Gasteiger partial charge in [-0.05, 0) is 50.2 Å². The first-order chi connectivity index (χ1) is 9.31. The second-order valence-corrected chi connectivity index (χ2v) is 5.34. The maximum Gasteiger partial charge on any atom is 0.416 e. The summed E-state index contributed by atoms with van der Waals surface area (Å²) in [7, 11) is 0. The second kappa shape index (κ2) is 5.44. The highest BCUT2D eigenvalue weighted by Gasteiger charge is 2.35. The van der Waals surface area contributed by atoms with Gasteiger partial charge in [0, 0.05) is 11.1 Å². The lowest BCUT2D eigenvalue weighted by Gasteiger charge is -2.32. The molecule has 0 saturated carbocycles. The number of hydrogen-bond donors (Lipinski definition) is 2. The lowest BCUT2D eigenvalue weighted by molar-refractivity contribution is -0.137. The Morgan fingerprint density at radius 2 is 1.75 bits per heavy atom. The van der Waals surface area contributed by atoms with E-state index in [-0.39, 0.29) is 5.91 Å². The Morgan fingerprint density at radius 3 is 2.25 bits per heavy atom. The number of piperidine rings is 1. The maximum atomic E-state index is 12.4. The van der Waals surface area contributed by atoms with E-state index in [2.05, 4.69) is 10.6 Å². The summed E-state index contributed by atoms with van der Waals surface area (Å²) < 4.78 is 37.3. The number of amides is 1. The van der Waals surface area contributed by atoms with Crippen LogP contribution in [0.25, 0.3) is 0 Å². The molecule has 0 atom stereocenters. The van der Waals surface area contributed by atoms with E-state index in [1.54, 1.807) is 0 Å². The molecule has 110 valence electrons. The zero-order chi connectivity index (χ0) is 14.8. The fourth-order valence-corrected chi connectivity index (χ4v) is 2.23. The molecule has 1 aliphatic rings. The van der Waals surface area contributed by atoms with Crippen LogP contribution in [0.1, 0.15) is 25.3 Å². The average Bonchev–Trinajstić information content (AvgIpc) is 2.39. The second-order valence-electron chi connectivity index (χ2n) is 5.34. The van der Waals surface area contributed by atoms with Gasteiger partial charge in [0.15, 0.2) is 0 Å². The van der Waals surface area contributed by atoms with Gasteiger partial charge >= 0.3 is 6.18 Å². The Balaban J connectivity index is 2.04. The van der Waals surface area contributed by atoms with Crippen LogP contribution < -0.4 is 10.6 Å². The molecule has 1 heterocycles. The third-order valence-corrected chi connectivity index (χ3v) is 3.73. The summed E-state index contributed by atoms with van der Waals surface area (Å²) in [6.07, 6.45) is -2.91. The van der Waals surface area contributed by atoms with Gasteiger partial charge in [-0.25, -0.2) is 0 Å². The predicted octanol–water partition coefficient (Wildman–Crippen LogP) is 3.03. The minimum absolute atomic E-state index is 0.140. The van der Waals surface area contributed by atoms with Gasteiger partial charge in [-0.15, -0.1) is 0 Å². The molecule has 0 bridgehead atoms. The number of benzene rings is 1. The van der Waals surface area contributed by atoms with Gasteiger partial charge in [-0.1, -0.05) is 6.92 Å². The summed E-state index contributed by atoms with van der Waals surface area (Å²) in [4.78, 5) is 12.2. The average molecular weight is 286 g/mol. The molecule has 1 saturated heterocycles. The SMILES string of the molecule is CC1(C(=O)Nc2ccc(C(F)(F)F)cc2)CCNCC1. The molecular weight excluding hydrogens is 269 g/mol. The third kappa shape index (κ3) is 3.30. The molecule has 0 aliphatic carbocycles. The van der Waals surface area contributed by atoms with E-state index in [1.807, 2.05) is 6.92 Å². The van der Waals surface area contributed by atoms with Gasteiger partial charge in [0.2, 0.25) is 5.91 Å². The van der Waals surface area contributed by atoms with Gasteiger partial charge in [0.25, 0.3) is 0 Å². The quantitative estimate of drug-likeness (QED) is 0.877. The number of anilines is 1. The summed E-state index contributed by atoms with van der Waals surface area (Å²) in [5, 5.41) is 5.87. The Morgan fingerprint density at radius 1 is 1.20 bits per heavy atom. The summed E-state index contributed by atoms with van der Waals surface area (Å²) in [5.74, 6) is -0.140. The highest BCUT2D eigenvalue weighted by molar-refractivity contribution is 5.95. The lowest BCUT2D eigenvalue weighted by Crippen LogP contribution is -2.42. The number of carbonyl (C=O) groups excluding carboxylic acids is 1. The van der Waals surface area contributed by atoms with Crippen molar-refractivity contribution in [3.63, 3.8) is 0 Å². The smallest absolute Gasteiger partial charge is 0.326 e. The van der Waals surface area contributed by atoms with Gasteiger partial charge in [0.05, 0.1) is 5.56 Å². The van der Waals surface area contributed by atoms with Gasteiger partial charge < -0.3 is 10.6 Å². The summed E-state index contributed by atoms with van der Waals surface area (Å²) >= 11 is 0. The van der Waals surface area contributed by atoms with Crippen molar-refractivity contribution >= 4 is 11.6 Å². The van der Waals surface area contributed by atoms with Crippen molar-refractivity contribution in [2.24, 2.45) is 5.41 Å². The molecule has 0 aromatic heterocycles. The number of alkyl halides is 3. The molecule has 1 amide bonds. The van der Waals surface area contributed by atoms with Crippen molar-refractivity contribution < 1.29 is 18.0 Å². The first kappa shape index (κ1) is 14.8. The maximum absolute atomic E-state index is 12.4. The normalized spacial score (nSPS) is 18.6. The van der Waals surface area contributed by atoms with Crippen molar-refractivity contribution in [3.8, 4) is 0 Å². The molecule has 3 nitrogen and oxygen atoms in total. The number of nitrogens with one attached hydrogen (secondary N) is 2. The van der Waals surface area contributed by atoms with Crippen LogP contribution in [0.3, 0.4) is 0 Å². The minimum Gasteiger partial charge on any atom is -0.326 e. The van der Waals surface area contributed by atoms with Gasteiger partial charge in [-0.2, -0.15) is 13.2 Å². The Hall–Kier alpha value is -1.56. The van der Waals surface area contributed by atoms with Crippen LogP contribution >= 0.6 is 0 Å². The third-order valence-electron chi connectivity index (χ3n) is 3.73. The number of halogens is 3. The Kier molecular flexibility index (Phi) is 4.04. The summed E-state index contributed by atoms with van der Waals surface area (Å²) in [6.45, 7) is 3.43. The zero-order valence-electron chi connectivity index (χ0n) is 11.2. The summed E-state index contributed by atoms with van der Waals surface area (Å²) in [5.41, 5.74) is -0.792. The lowest BCUT2D eigenvalue weighted by atomic mass is 9.80. The fourth-order valence-electron chi connectivity index (χ4n) is 2.23. The topological polar surface area (TPSA) is 41.1 Å². The fraction of sp³-hybridized carbons (Fsp3) is 0.500. The largest absolute Gasteiger partial charge is 0.416 e. The van der Waals surface area contributed by atoms with E-state index >= 15 is 0 Å². The van der Waals surface area contributed by atoms with Crippen LogP contribution in [0.15, 0.2) is 24.3 Å². The van der Waals surface area contributed by atoms with Gasteiger partial charge in [-0.3, -0.25) is 4.79 Å². The van der Waals surface area contributed by atoms with Crippen LogP contribution in [0, 0.1) is 5.41 Å². The highest BCUT2D eigenvalue weighted by Crippen LogP contribution is 2.32. The van der Waals surface area contributed by atoms with Crippen molar-refractivity contribution in [2.45, 2.75) is 25.9 Å². The van der Waals surface area contributed by atoms with Crippen molar-refractivity contribution in [1.82, 2.24) is 5.32 Å². The first-order valence-corrected chi connectivity index (χ1v) is 6.51. The molecule has 6 heteroatoms. The Labute approximate surface area is 115 Å². The van der Waals surface area contributed by atoms with Crippen molar-refractivity contribution in [1.29, 1.82) is 0 Å². The van der Waals surface area contributed by atoms with E-state index in [0.29, 0.717) is 5.69 Å². The summed E-state index contributed by atoms with van der Waals surface area (Å²) in [6, 6.07) is 4.51. The van der Waals surface area contributed by atoms with Crippen LogP contribution in [0.5, 0.6) is 0 Å². The zero-order valence-corrected chi connectivity index (χ0v) is 11.2. The number of carbonyl (C=O) groups is 1. The molecule has 1 aromatic carbocycles. The van der Waals surface area contributed by atoms with Crippen molar-refractivity contribution in [2.75, 3.05) is 18.4 Å². The molecule has 1 aromatic rings. The molecule has 1 aliphatic heterocycles. The van der Waals surface area contributed by atoms with Crippen LogP contribution in [0.4, 0.5) is 18.9 Å². The molecule has 0 spiro atoms. The first-order valence-electron chi connectivity index (χ1n) is 6.51. The van der Waals surface area contributed by atoms with E-state index in [4.69, 9.17) is 0 Å². The van der Waals surface area contributed by atoms with Gasteiger partial charge in [0.1, 0.15) is 0 Å². The van der Waals surface area contributed by atoms with Crippen LogP contribution in [-0.2, 0) is 11.0 Å². The number of rotatable bonds is 2. The van der Waals surface area contributed by atoms with E-state index in [0.717, 1.165) is 38.1 Å². The predicted molar refractivity (Wildman–Crippen MR) is 70.3 cm³/mol. The number of hydrogen-bond acceptors (Lipinski definition) is 2. The molecular formula is C14H17F3N2O. The van der Waals surface area contributed by atoms with Crippen LogP contribution in [0.2, 0.25) is 0 Å². The van der Waals surface area contributed by atoms with Crippen LogP contribution in [-0.4, -0.2) is 19.0 Å². The standard InChI is InChI=1S/C14H17F3N2O/c1-13(6-8-18-9-7-13)12(20)19-11-4-2-10(3-5-11)14(15,16)17/h2-5,18H,6-9H2,1H3,(H,19,20). The van der Waals surface area contributed by atoms with E-state index < -0.39 is 17.2 Å². The molecule has 1 fully saturated rings. The monoisotopic (exact) mass is 286 g/mol. The van der Waals surface area contributed by atoms with Crippen molar-refractivity contribution in [3.05, 3.63) is 29.8 Å². The molecule has 0 unspecified atom stereocenters. The molecule has 0 radical (unpaired) electrons. The molecule has 2 N–H and O–H groups in total. The van der Waals surface area contributed by atoms with E-state index in [1.165, 1.54) is 12.1 Å². The molecule has 2 rings (SSSR count).